The summed E-state index contributed by atoms with van der Waals surface area (Å²) in [7, 11) is 1.21. The number of amides is 2. The maximum atomic E-state index is 13.6. The van der Waals surface area contributed by atoms with E-state index in [1.807, 2.05) is 20.8 Å². The van der Waals surface area contributed by atoms with Crippen LogP contribution >= 0.6 is 0 Å². The highest BCUT2D eigenvalue weighted by Gasteiger charge is 2.22. The summed E-state index contributed by atoms with van der Waals surface area (Å²) in [5, 5.41) is 14.3. The van der Waals surface area contributed by atoms with Crippen LogP contribution in [0.1, 0.15) is 20.8 Å². The molecule has 0 bridgehead atoms. The second kappa shape index (κ2) is 6.71. The van der Waals surface area contributed by atoms with Gasteiger partial charge in [0.2, 0.25) is 0 Å². The molecule has 0 aromatic heterocycles. The molecule has 1 unspecified atom stereocenters. The van der Waals surface area contributed by atoms with Crippen LogP contribution in [0.15, 0.2) is 12.1 Å². The number of nitrogens with one attached hydrogen (secondary N) is 2. The number of hydrogen-bond acceptors (Lipinski definition) is 3. The van der Waals surface area contributed by atoms with Gasteiger partial charge in [0, 0.05) is 18.7 Å². The topological polar surface area (TPSA) is 70.6 Å². The Labute approximate surface area is 122 Å². The number of aliphatic hydroxyl groups is 1. The van der Waals surface area contributed by atoms with Gasteiger partial charge in [-0.1, -0.05) is 20.8 Å². The molecular weight excluding hydrogens is 282 g/mol. The van der Waals surface area contributed by atoms with E-state index in [9.17, 15) is 18.7 Å². The first-order chi connectivity index (χ1) is 9.65. The lowest BCUT2D eigenvalue weighted by atomic mass is 9.89. The third-order valence-electron chi connectivity index (χ3n) is 2.95. The summed E-state index contributed by atoms with van der Waals surface area (Å²) in [5.74, 6) is -1.86. The summed E-state index contributed by atoms with van der Waals surface area (Å²) in [5.41, 5.74) is -0.707. The molecule has 7 heteroatoms. The molecule has 5 nitrogen and oxygen atoms in total. The summed E-state index contributed by atoms with van der Waals surface area (Å²) < 4.78 is 31.7. The Hall–Kier alpha value is -1.89. The summed E-state index contributed by atoms with van der Waals surface area (Å²) in [6, 6.07) is 0.935. The first kappa shape index (κ1) is 17.2. The SMILES string of the molecule is COc1cc(F)c(NC(=O)NCC(O)C(C)(C)C)cc1F. The number of hydrogen-bond donors (Lipinski definition) is 3. The van der Waals surface area contributed by atoms with Crippen molar-refractivity contribution in [3.05, 3.63) is 23.8 Å². The van der Waals surface area contributed by atoms with E-state index in [2.05, 4.69) is 15.4 Å². The molecule has 0 fully saturated rings. The molecule has 2 amide bonds. The van der Waals surface area contributed by atoms with Crippen molar-refractivity contribution in [3.8, 4) is 5.75 Å². The molecule has 1 aromatic carbocycles. The molecule has 0 aliphatic rings. The second-order valence-electron chi connectivity index (χ2n) is 5.68. The van der Waals surface area contributed by atoms with E-state index in [0.717, 1.165) is 12.1 Å². The van der Waals surface area contributed by atoms with Crippen LogP contribution in [0.5, 0.6) is 5.75 Å². The van der Waals surface area contributed by atoms with Crippen molar-refractivity contribution in [1.82, 2.24) is 5.32 Å². The van der Waals surface area contributed by atoms with Gasteiger partial charge in [0.15, 0.2) is 17.4 Å². The van der Waals surface area contributed by atoms with E-state index in [1.54, 1.807) is 0 Å². The zero-order chi connectivity index (χ0) is 16.2. The maximum absolute atomic E-state index is 13.6. The van der Waals surface area contributed by atoms with Gasteiger partial charge in [0.25, 0.3) is 0 Å². The third kappa shape index (κ3) is 4.86. The quantitative estimate of drug-likeness (QED) is 0.800. The van der Waals surface area contributed by atoms with Gasteiger partial charge in [-0.15, -0.1) is 0 Å². The Balaban J connectivity index is 2.66. The monoisotopic (exact) mass is 302 g/mol. The molecule has 0 heterocycles. The number of carbonyl (C=O) groups excluding carboxylic acids is 1. The minimum Gasteiger partial charge on any atom is -0.494 e. The van der Waals surface area contributed by atoms with Gasteiger partial charge in [-0.05, 0) is 5.41 Å². The van der Waals surface area contributed by atoms with Gasteiger partial charge in [-0.25, -0.2) is 13.6 Å². The van der Waals surface area contributed by atoms with Gasteiger partial charge in [0.1, 0.15) is 0 Å². The van der Waals surface area contributed by atoms with Crippen molar-refractivity contribution in [1.29, 1.82) is 0 Å². The molecule has 1 atom stereocenters. The average molecular weight is 302 g/mol. The maximum Gasteiger partial charge on any atom is 0.319 e. The Kier molecular flexibility index (Phi) is 5.48. The van der Waals surface area contributed by atoms with Crippen molar-refractivity contribution >= 4 is 11.7 Å². The number of rotatable bonds is 4. The Bertz CT molecular complexity index is 516. The minimum atomic E-state index is -0.820. The van der Waals surface area contributed by atoms with Crippen LogP contribution in [0.4, 0.5) is 19.3 Å². The van der Waals surface area contributed by atoms with E-state index in [4.69, 9.17) is 0 Å². The highest BCUT2D eigenvalue weighted by Crippen LogP contribution is 2.24. The molecule has 118 valence electrons. The Morgan fingerprint density at radius 3 is 2.48 bits per heavy atom. The molecule has 3 N–H and O–H groups in total. The van der Waals surface area contributed by atoms with Crippen LogP contribution in [0, 0.1) is 17.0 Å². The van der Waals surface area contributed by atoms with Gasteiger partial charge < -0.3 is 20.5 Å². The van der Waals surface area contributed by atoms with Crippen molar-refractivity contribution in [2.45, 2.75) is 26.9 Å². The van der Waals surface area contributed by atoms with E-state index >= 15 is 0 Å². The van der Waals surface area contributed by atoms with E-state index in [0.29, 0.717) is 0 Å². The molecule has 0 aliphatic carbocycles. The number of ether oxygens (including phenoxy) is 1. The number of benzene rings is 1. The summed E-state index contributed by atoms with van der Waals surface area (Å²) in [6.45, 7) is 5.44. The first-order valence-electron chi connectivity index (χ1n) is 6.41. The van der Waals surface area contributed by atoms with Gasteiger partial charge in [0.05, 0.1) is 18.9 Å². The highest BCUT2D eigenvalue weighted by molar-refractivity contribution is 5.89. The van der Waals surface area contributed by atoms with Crippen molar-refractivity contribution < 1.29 is 23.4 Å². The standard InChI is InChI=1S/C14H20F2N2O3/c1-14(2,3)12(19)7-17-13(20)18-10-5-9(16)11(21-4)6-8(10)15/h5-6,12,19H,7H2,1-4H3,(H2,17,18,20). The van der Waals surface area contributed by atoms with E-state index in [1.165, 1.54) is 7.11 Å². The van der Waals surface area contributed by atoms with Crippen molar-refractivity contribution in [3.63, 3.8) is 0 Å². The number of anilines is 1. The lowest BCUT2D eigenvalue weighted by Gasteiger charge is -2.25. The number of methoxy groups -OCH3 is 1. The van der Waals surface area contributed by atoms with Gasteiger partial charge in [-0.3, -0.25) is 0 Å². The fourth-order valence-electron chi connectivity index (χ4n) is 1.44. The van der Waals surface area contributed by atoms with Crippen molar-refractivity contribution in [2.75, 3.05) is 19.0 Å². The molecule has 0 saturated carbocycles. The lowest BCUT2D eigenvalue weighted by Crippen LogP contribution is -2.41. The first-order valence-corrected chi connectivity index (χ1v) is 6.41. The summed E-state index contributed by atoms with van der Waals surface area (Å²) >= 11 is 0. The molecule has 0 saturated heterocycles. The van der Waals surface area contributed by atoms with Crippen LogP contribution in [-0.4, -0.2) is 30.9 Å². The van der Waals surface area contributed by atoms with Crippen LogP contribution in [0.3, 0.4) is 0 Å². The number of urea groups is 1. The highest BCUT2D eigenvalue weighted by atomic mass is 19.1. The lowest BCUT2D eigenvalue weighted by molar-refractivity contribution is 0.0654. The number of aliphatic hydroxyl groups excluding tert-OH is 1. The zero-order valence-corrected chi connectivity index (χ0v) is 12.5. The average Bonchev–Trinajstić information content (AvgIpc) is 2.38. The molecule has 21 heavy (non-hydrogen) atoms. The third-order valence-corrected chi connectivity index (χ3v) is 2.95. The van der Waals surface area contributed by atoms with Crippen LogP contribution in [-0.2, 0) is 0 Å². The minimum absolute atomic E-state index is 0.00438. The molecule has 0 radical (unpaired) electrons. The summed E-state index contributed by atoms with van der Waals surface area (Å²) in [4.78, 5) is 11.6. The van der Waals surface area contributed by atoms with Crippen LogP contribution < -0.4 is 15.4 Å². The molecular formula is C14H20F2N2O3. The predicted molar refractivity (Wildman–Crippen MR) is 75.4 cm³/mol. The zero-order valence-electron chi connectivity index (χ0n) is 12.5. The van der Waals surface area contributed by atoms with E-state index < -0.39 is 29.2 Å². The fraction of sp³-hybridized carbons (Fsp3) is 0.500. The van der Waals surface area contributed by atoms with E-state index in [-0.39, 0.29) is 18.0 Å². The second-order valence-corrected chi connectivity index (χ2v) is 5.68. The largest absolute Gasteiger partial charge is 0.494 e. The summed E-state index contributed by atoms with van der Waals surface area (Å²) in [6.07, 6.45) is -0.763. The van der Waals surface area contributed by atoms with Crippen LogP contribution in [0.2, 0.25) is 0 Å². The molecule has 1 rings (SSSR count). The fourth-order valence-corrected chi connectivity index (χ4v) is 1.44. The van der Waals surface area contributed by atoms with Crippen LogP contribution in [0.25, 0.3) is 0 Å². The predicted octanol–water partition coefficient (Wildman–Crippen LogP) is 2.50. The van der Waals surface area contributed by atoms with Gasteiger partial charge >= 0.3 is 6.03 Å². The smallest absolute Gasteiger partial charge is 0.319 e. The normalized spacial score (nSPS) is 12.7. The van der Waals surface area contributed by atoms with Gasteiger partial charge in [-0.2, -0.15) is 0 Å². The Morgan fingerprint density at radius 2 is 1.95 bits per heavy atom. The molecule has 0 aliphatic heterocycles. The number of halogens is 2. The molecule has 1 aromatic rings. The van der Waals surface area contributed by atoms with Crippen molar-refractivity contribution in [2.24, 2.45) is 5.41 Å². The molecule has 0 spiro atoms. The number of carbonyl (C=O) groups is 1. The Morgan fingerprint density at radius 1 is 1.33 bits per heavy atom.